The average molecular weight is 433 g/mol. The smallest absolute Gasteiger partial charge is 0.324 e. The number of thiophene rings is 1. The number of rotatable bonds is 7. The summed E-state index contributed by atoms with van der Waals surface area (Å²) >= 11 is 3.14. The van der Waals surface area contributed by atoms with Crippen LogP contribution in [0, 0.1) is 5.92 Å². The molecule has 1 N–H and O–H groups in total. The van der Waals surface area contributed by atoms with Crippen LogP contribution in [0.15, 0.2) is 22.6 Å². The van der Waals surface area contributed by atoms with Crippen molar-refractivity contribution in [2.75, 3.05) is 18.8 Å². The molecule has 1 saturated heterocycles. The Morgan fingerprint density at radius 1 is 1.38 bits per heavy atom. The quantitative estimate of drug-likeness (QED) is 0.239. The number of amides is 3. The van der Waals surface area contributed by atoms with Crippen molar-refractivity contribution in [3.8, 4) is 0 Å². The van der Waals surface area contributed by atoms with E-state index in [1.54, 1.807) is 22.0 Å². The number of carbonyl (C=O) groups excluding carboxylic acids is 2. The minimum absolute atomic E-state index is 0.0125. The van der Waals surface area contributed by atoms with Gasteiger partial charge >= 0.3 is 6.03 Å². The lowest BCUT2D eigenvalue weighted by atomic mass is 9.89. The van der Waals surface area contributed by atoms with Crippen LogP contribution >= 0.6 is 23.1 Å². The third kappa shape index (κ3) is 3.85. The molecule has 1 unspecified atom stereocenters. The van der Waals surface area contributed by atoms with Crippen LogP contribution in [-0.2, 0) is 24.2 Å². The predicted octanol–water partition coefficient (Wildman–Crippen LogP) is 2.80. The molecule has 1 fully saturated rings. The van der Waals surface area contributed by atoms with Crippen molar-refractivity contribution in [2.45, 2.75) is 44.3 Å². The highest BCUT2D eigenvalue weighted by Crippen LogP contribution is 2.36. The molecule has 9 heteroatoms. The maximum absolute atomic E-state index is 13.2. The average Bonchev–Trinajstić information content (AvgIpc) is 3.21. The largest absolute Gasteiger partial charge is 0.329 e. The van der Waals surface area contributed by atoms with Crippen LogP contribution in [0.25, 0.3) is 10.2 Å². The molecule has 2 aromatic heterocycles. The molecule has 0 spiro atoms. The Kier molecular flexibility index (Phi) is 5.78. The van der Waals surface area contributed by atoms with Crippen LogP contribution in [-0.4, -0.2) is 45.2 Å². The Balaban J connectivity index is 1.56. The minimum atomic E-state index is -0.332. The molecule has 1 atom stereocenters. The van der Waals surface area contributed by atoms with Gasteiger partial charge in [-0.1, -0.05) is 24.8 Å². The molecule has 3 heterocycles. The molecule has 0 aromatic carbocycles. The van der Waals surface area contributed by atoms with E-state index in [1.807, 2.05) is 0 Å². The SMILES string of the molecule is C=CCn1c(SCCCN2C(=O)CNC2=O)nc2sc3c(c2c1=O)CCC(C)C3. The molecule has 0 bridgehead atoms. The van der Waals surface area contributed by atoms with Gasteiger partial charge in [-0.3, -0.25) is 19.1 Å². The summed E-state index contributed by atoms with van der Waals surface area (Å²) in [5.41, 5.74) is 1.20. The molecule has 4 rings (SSSR count). The number of allylic oxidation sites excluding steroid dienone is 1. The molecular formula is C20H24N4O3S2. The summed E-state index contributed by atoms with van der Waals surface area (Å²) < 4.78 is 1.69. The zero-order valence-corrected chi connectivity index (χ0v) is 18.0. The van der Waals surface area contributed by atoms with Crippen LogP contribution in [0.3, 0.4) is 0 Å². The van der Waals surface area contributed by atoms with Crippen molar-refractivity contribution < 1.29 is 9.59 Å². The van der Waals surface area contributed by atoms with Gasteiger partial charge in [0.15, 0.2) is 5.16 Å². The standard InChI is InChI=1S/C20H24N4O3S2/c1-3-7-24-18(26)16-13-6-5-12(2)10-14(13)29-17(16)22-20(24)28-9-4-8-23-15(25)11-21-19(23)27/h3,12H,1,4-11H2,2H3,(H,21,27). The topological polar surface area (TPSA) is 84.3 Å². The highest BCUT2D eigenvalue weighted by Gasteiger charge is 2.28. The van der Waals surface area contributed by atoms with E-state index >= 15 is 0 Å². The van der Waals surface area contributed by atoms with Crippen molar-refractivity contribution >= 4 is 45.3 Å². The highest BCUT2D eigenvalue weighted by atomic mass is 32.2. The number of hydrogen-bond acceptors (Lipinski definition) is 6. The summed E-state index contributed by atoms with van der Waals surface area (Å²) in [6.07, 6.45) is 5.43. The maximum atomic E-state index is 13.2. The number of thioether (sulfide) groups is 1. The number of imide groups is 1. The number of hydrogen-bond donors (Lipinski definition) is 1. The summed E-state index contributed by atoms with van der Waals surface area (Å²) in [5.74, 6) is 1.11. The Bertz CT molecular complexity index is 1030. The molecule has 0 saturated carbocycles. The first-order valence-corrected chi connectivity index (χ1v) is 11.7. The fraction of sp³-hybridized carbons (Fsp3) is 0.500. The fourth-order valence-corrected chi connectivity index (χ4v) is 6.23. The number of fused-ring (bicyclic) bond motifs is 3. The lowest BCUT2D eigenvalue weighted by Crippen LogP contribution is -2.32. The molecule has 154 valence electrons. The van der Waals surface area contributed by atoms with E-state index in [0.29, 0.717) is 36.3 Å². The van der Waals surface area contributed by atoms with E-state index in [-0.39, 0.29) is 24.0 Å². The molecular weight excluding hydrogens is 408 g/mol. The normalized spacial score (nSPS) is 18.9. The molecule has 1 aliphatic carbocycles. The van der Waals surface area contributed by atoms with E-state index < -0.39 is 0 Å². The lowest BCUT2D eigenvalue weighted by molar-refractivity contribution is -0.124. The van der Waals surface area contributed by atoms with Crippen LogP contribution in [0.1, 0.15) is 30.2 Å². The zero-order chi connectivity index (χ0) is 20.5. The van der Waals surface area contributed by atoms with Crippen molar-refractivity contribution in [1.82, 2.24) is 19.8 Å². The second kappa shape index (κ2) is 8.31. The van der Waals surface area contributed by atoms with Gasteiger partial charge in [0.2, 0.25) is 5.91 Å². The minimum Gasteiger partial charge on any atom is -0.329 e. The maximum Gasteiger partial charge on any atom is 0.324 e. The first-order chi connectivity index (χ1) is 14.0. The Hall–Kier alpha value is -2.13. The Morgan fingerprint density at radius 2 is 2.21 bits per heavy atom. The van der Waals surface area contributed by atoms with Crippen molar-refractivity contribution in [2.24, 2.45) is 5.92 Å². The molecule has 2 aliphatic rings. The van der Waals surface area contributed by atoms with E-state index in [4.69, 9.17) is 4.98 Å². The van der Waals surface area contributed by atoms with Crippen molar-refractivity contribution in [3.05, 3.63) is 33.4 Å². The number of nitrogens with one attached hydrogen (secondary N) is 1. The van der Waals surface area contributed by atoms with Gasteiger partial charge in [0.25, 0.3) is 5.56 Å². The predicted molar refractivity (Wildman–Crippen MR) is 116 cm³/mol. The van der Waals surface area contributed by atoms with Crippen LogP contribution < -0.4 is 10.9 Å². The van der Waals surface area contributed by atoms with Crippen LogP contribution in [0.4, 0.5) is 4.79 Å². The first kappa shape index (κ1) is 20.2. The summed E-state index contributed by atoms with van der Waals surface area (Å²) in [6, 6.07) is -0.332. The van der Waals surface area contributed by atoms with Crippen LogP contribution in [0.5, 0.6) is 0 Å². The van der Waals surface area contributed by atoms with Gasteiger partial charge in [0.05, 0.1) is 11.9 Å². The third-order valence-corrected chi connectivity index (χ3v) is 7.60. The van der Waals surface area contributed by atoms with E-state index in [2.05, 4.69) is 18.8 Å². The van der Waals surface area contributed by atoms with Gasteiger partial charge in [-0.25, -0.2) is 9.78 Å². The molecule has 7 nitrogen and oxygen atoms in total. The fourth-order valence-electron chi connectivity index (χ4n) is 3.87. The van der Waals surface area contributed by atoms with Gasteiger partial charge in [0, 0.05) is 23.7 Å². The molecule has 2 aromatic rings. The molecule has 1 aliphatic heterocycles. The van der Waals surface area contributed by atoms with Gasteiger partial charge in [-0.15, -0.1) is 17.9 Å². The van der Waals surface area contributed by atoms with E-state index in [0.717, 1.165) is 29.5 Å². The summed E-state index contributed by atoms with van der Waals surface area (Å²) in [6.45, 7) is 6.90. The van der Waals surface area contributed by atoms with Crippen molar-refractivity contribution in [1.29, 1.82) is 0 Å². The Labute approximate surface area is 177 Å². The Morgan fingerprint density at radius 3 is 2.93 bits per heavy atom. The molecule has 0 radical (unpaired) electrons. The van der Waals surface area contributed by atoms with Gasteiger partial charge in [-0.2, -0.15) is 0 Å². The number of urea groups is 1. The van der Waals surface area contributed by atoms with Gasteiger partial charge in [0.1, 0.15) is 4.83 Å². The summed E-state index contributed by atoms with van der Waals surface area (Å²) in [7, 11) is 0. The van der Waals surface area contributed by atoms with E-state index in [1.165, 1.54) is 27.1 Å². The summed E-state index contributed by atoms with van der Waals surface area (Å²) in [5, 5.41) is 3.97. The monoisotopic (exact) mass is 432 g/mol. The van der Waals surface area contributed by atoms with Gasteiger partial charge in [-0.05, 0) is 37.2 Å². The third-order valence-electron chi connectivity index (χ3n) is 5.39. The number of carbonyl (C=O) groups is 2. The van der Waals surface area contributed by atoms with Gasteiger partial charge < -0.3 is 5.32 Å². The number of nitrogens with zero attached hydrogens (tertiary/aromatic N) is 3. The summed E-state index contributed by atoms with van der Waals surface area (Å²) in [4.78, 5) is 44.7. The highest BCUT2D eigenvalue weighted by molar-refractivity contribution is 7.99. The van der Waals surface area contributed by atoms with Crippen LogP contribution in [0.2, 0.25) is 0 Å². The zero-order valence-electron chi connectivity index (χ0n) is 16.4. The number of aryl methyl sites for hydroxylation is 1. The van der Waals surface area contributed by atoms with E-state index in [9.17, 15) is 14.4 Å². The number of aromatic nitrogens is 2. The second-order valence-corrected chi connectivity index (χ2v) is 9.68. The van der Waals surface area contributed by atoms with Crippen molar-refractivity contribution in [3.63, 3.8) is 0 Å². The molecule has 29 heavy (non-hydrogen) atoms. The lowest BCUT2D eigenvalue weighted by Gasteiger charge is -2.17. The molecule has 3 amide bonds. The second-order valence-electron chi connectivity index (χ2n) is 7.54. The first-order valence-electron chi connectivity index (χ1n) is 9.86.